The molecular formula is C28H37NO7. The van der Waals surface area contributed by atoms with Crippen molar-refractivity contribution in [1.29, 1.82) is 0 Å². The molecule has 0 aromatic heterocycles. The third-order valence-corrected chi connectivity index (χ3v) is 9.35. The van der Waals surface area contributed by atoms with Gasteiger partial charge in [0, 0.05) is 23.4 Å². The number of hydrogen-bond donors (Lipinski definition) is 1. The first-order chi connectivity index (χ1) is 16.9. The minimum absolute atomic E-state index is 0.0670. The second kappa shape index (κ2) is 9.52. The first-order valence-electron chi connectivity index (χ1n) is 12.9. The zero-order valence-corrected chi connectivity index (χ0v) is 21.8. The number of anilines is 1. The summed E-state index contributed by atoms with van der Waals surface area (Å²) >= 11 is 0. The molecule has 2 aliphatic carbocycles. The van der Waals surface area contributed by atoms with Crippen molar-refractivity contribution in [3.63, 3.8) is 0 Å². The van der Waals surface area contributed by atoms with E-state index >= 15 is 0 Å². The van der Waals surface area contributed by atoms with Crippen LogP contribution in [-0.4, -0.2) is 47.7 Å². The molecule has 0 saturated heterocycles. The molecule has 8 heteroatoms. The molecule has 2 bridgehead atoms. The van der Waals surface area contributed by atoms with Gasteiger partial charge in [-0.15, -0.1) is 0 Å². The van der Waals surface area contributed by atoms with E-state index in [1.165, 1.54) is 4.90 Å². The van der Waals surface area contributed by atoms with Crippen LogP contribution in [0, 0.1) is 28.6 Å². The van der Waals surface area contributed by atoms with Crippen molar-refractivity contribution >= 4 is 29.5 Å². The number of aliphatic carboxylic acids is 1. The highest BCUT2D eigenvalue weighted by Gasteiger charge is 2.62. The van der Waals surface area contributed by atoms with Gasteiger partial charge in [0.2, 0.25) is 5.91 Å². The number of carbonyl (C=O) groups excluding carboxylic acids is 3. The SMILES string of the molecule is C[C@H](C[C@@H](C)C(=O)N1c2ccccc2C[C@H]1C(=O)O)C(=O)OCC(=O)OC1CC2CCC1(C)C2(C)C. The minimum Gasteiger partial charge on any atom is -0.480 e. The Morgan fingerprint density at radius 3 is 2.42 bits per heavy atom. The number of nitrogens with zero attached hydrogens (tertiary/aromatic N) is 1. The number of esters is 2. The van der Waals surface area contributed by atoms with Crippen molar-refractivity contribution in [3.8, 4) is 0 Å². The van der Waals surface area contributed by atoms with Gasteiger partial charge in [-0.3, -0.25) is 14.5 Å². The summed E-state index contributed by atoms with van der Waals surface area (Å²) in [6.07, 6.45) is 3.27. The Hall–Kier alpha value is -2.90. The summed E-state index contributed by atoms with van der Waals surface area (Å²) < 4.78 is 11.0. The van der Waals surface area contributed by atoms with Crippen LogP contribution in [0.2, 0.25) is 0 Å². The van der Waals surface area contributed by atoms with Crippen LogP contribution < -0.4 is 4.90 Å². The predicted octanol–water partition coefficient (Wildman–Crippen LogP) is 3.99. The predicted molar refractivity (Wildman–Crippen MR) is 132 cm³/mol. The molecule has 2 fully saturated rings. The van der Waals surface area contributed by atoms with Gasteiger partial charge >= 0.3 is 17.9 Å². The van der Waals surface area contributed by atoms with Crippen LogP contribution in [0.15, 0.2) is 24.3 Å². The van der Waals surface area contributed by atoms with Crippen molar-refractivity contribution in [2.24, 2.45) is 28.6 Å². The van der Waals surface area contributed by atoms with Crippen molar-refractivity contribution in [3.05, 3.63) is 29.8 Å². The Bertz CT molecular complexity index is 1070. The summed E-state index contributed by atoms with van der Waals surface area (Å²) in [4.78, 5) is 51.4. The number of ether oxygens (including phenoxy) is 2. The molecule has 3 aliphatic rings. The molecule has 1 heterocycles. The topological polar surface area (TPSA) is 110 Å². The standard InChI is InChI=1S/C28H37NO7/c1-16(24(31)29-20-9-7-6-8-18(20)13-21(29)25(32)33)12-17(2)26(34)35-15-23(30)36-22-14-19-10-11-28(22,5)27(19,3)4/h6-9,16-17,19,21-22H,10-15H2,1-5H3,(H,32,33)/t16-,17-,19?,21+,22?,28?/m1/s1. The fourth-order valence-corrected chi connectivity index (χ4v) is 6.59. The van der Waals surface area contributed by atoms with Crippen LogP contribution in [-0.2, 0) is 35.1 Å². The Kier molecular flexibility index (Phi) is 6.92. The monoisotopic (exact) mass is 499 g/mol. The largest absolute Gasteiger partial charge is 0.480 e. The maximum absolute atomic E-state index is 13.2. The zero-order valence-electron chi connectivity index (χ0n) is 21.8. The van der Waals surface area contributed by atoms with Crippen molar-refractivity contribution < 1.29 is 33.8 Å². The van der Waals surface area contributed by atoms with E-state index in [1.807, 2.05) is 12.1 Å². The quantitative estimate of drug-likeness (QED) is 0.539. The van der Waals surface area contributed by atoms with E-state index in [2.05, 4.69) is 20.8 Å². The first kappa shape index (κ1) is 26.2. The number of hydrogen-bond acceptors (Lipinski definition) is 6. The van der Waals surface area contributed by atoms with Gasteiger partial charge in [-0.25, -0.2) is 9.59 Å². The summed E-state index contributed by atoms with van der Waals surface area (Å²) in [5.41, 5.74) is 1.45. The molecule has 1 amide bonds. The minimum atomic E-state index is -1.06. The van der Waals surface area contributed by atoms with E-state index in [0.717, 1.165) is 24.8 Å². The second-order valence-corrected chi connectivity index (χ2v) is 11.6. The molecule has 0 spiro atoms. The number of rotatable bonds is 8. The third kappa shape index (κ3) is 4.39. The van der Waals surface area contributed by atoms with Crippen LogP contribution in [0.3, 0.4) is 0 Å². The lowest BCUT2D eigenvalue weighted by Crippen LogP contribution is -2.45. The summed E-state index contributed by atoms with van der Waals surface area (Å²) in [5, 5.41) is 9.65. The molecule has 1 aliphatic heterocycles. The number of carboxylic acid groups (broad SMARTS) is 1. The van der Waals surface area contributed by atoms with Gasteiger partial charge < -0.3 is 14.6 Å². The van der Waals surface area contributed by atoms with E-state index in [1.54, 1.807) is 26.0 Å². The van der Waals surface area contributed by atoms with Gasteiger partial charge in [-0.05, 0) is 48.6 Å². The van der Waals surface area contributed by atoms with Crippen LogP contribution in [0.5, 0.6) is 0 Å². The van der Waals surface area contributed by atoms with Crippen LogP contribution in [0.1, 0.15) is 65.9 Å². The molecule has 0 radical (unpaired) electrons. The van der Waals surface area contributed by atoms with Crippen LogP contribution >= 0.6 is 0 Å². The lowest BCUT2D eigenvalue weighted by molar-refractivity contribution is -0.169. The van der Waals surface area contributed by atoms with E-state index in [4.69, 9.17) is 9.47 Å². The normalized spacial score (nSPS) is 29.4. The van der Waals surface area contributed by atoms with Gasteiger partial charge in [-0.2, -0.15) is 0 Å². The molecule has 2 saturated carbocycles. The number of carbonyl (C=O) groups is 4. The number of benzene rings is 1. The van der Waals surface area contributed by atoms with Crippen molar-refractivity contribution in [1.82, 2.24) is 0 Å². The van der Waals surface area contributed by atoms with Crippen LogP contribution in [0.4, 0.5) is 5.69 Å². The van der Waals surface area contributed by atoms with E-state index in [-0.39, 0.29) is 35.7 Å². The summed E-state index contributed by atoms with van der Waals surface area (Å²) in [6.45, 7) is 9.52. The lowest BCUT2D eigenvalue weighted by Gasteiger charge is -2.38. The van der Waals surface area contributed by atoms with Gasteiger partial charge in [-0.1, -0.05) is 52.8 Å². The lowest BCUT2D eigenvalue weighted by atomic mass is 9.70. The van der Waals surface area contributed by atoms with Crippen molar-refractivity contribution in [2.75, 3.05) is 11.5 Å². The highest BCUT2D eigenvalue weighted by molar-refractivity contribution is 6.03. The molecule has 3 unspecified atom stereocenters. The second-order valence-electron chi connectivity index (χ2n) is 11.6. The Morgan fingerprint density at radius 1 is 1.11 bits per heavy atom. The molecule has 8 nitrogen and oxygen atoms in total. The Labute approximate surface area is 212 Å². The number of para-hydroxylation sites is 1. The summed E-state index contributed by atoms with van der Waals surface area (Å²) in [7, 11) is 0. The van der Waals surface area contributed by atoms with Gasteiger partial charge in [0.15, 0.2) is 6.61 Å². The van der Waals surface area contributed by atoms with E-state index < -0.39 is 42.4 Å². The molecule has 36 heavy (non-hydrogen) atoms. The maximum atomic E-state index is 13.2. The van der Waals surface area contributed by atoms with E-state index in [9.17, 15) is 24.3 Å². The summed E-state index contributed by atoms with van der Waals surface area (Å²) in [5.74, 6) is -3.26. The van der Waals surface area contributed by atoms with Gasteiger partial charge in [0.1, 0.15) is 12.1 Å². The van der Waals surface area contributed by atoms with Gasteiger partial charge in [0.05, 0.1) is 5.92 Å². The fraction of sp³-hybridized carbons (Fsp3) is 0.643. The average Bonchev–Trinajstić information content (AvgIpc) is 3.38. The molecule has 1 aromatic carbocycles. The van der Waals surface area contributed by atoms with E-state index in [0.29, 0.717) is 11.6 Å². The number of amides is 1. The molecule has 1 N–H and O–H groups in total. The van der Waals surface area contributed by atoms with Gasteiger partial charge in [0.25, 0.3) is 0 Å². The Morgan fingerprint density at radius 2 is 1.81 bits per heavy atom. The fourth-order valence-electron chi connectivity index (χ4n) is 6.59. The number of carboxylic acids is 1. The van der Waals surface area contributed by atoms with Crippen molar-refractivity contribution in [2.45, 2.75) is 78.9 Å². The molecule has 6 atom stereocenters. The molecule has 1 aromatic rings. The summed E-state index contributed by atoms with van der Waals surface area (Å²) in [6, 6.07) is 6.18. The number of fused-ring (bicyclic) bond motifs is 3. The highest BCUT2D eigenvalue weighted by atomic mass is 16.6. The highest BCUT2D eigenvalue weighted by Crippen LogP contribution is 2.66. The average molecular weight is 500 g/mol. The molecular weight excluding hydrogens is 462 g/mol. The molecule has 196 valence electrons. The Balaban J connectivity index is 1.29. The first-order valence-corrected chi connectivity index (χ1v) is 12.9. The smallest absolute Gasteiger partial charge is 0.344 e. The maximum Gasteiger partial charge on any atom is 0.344 e. The van der Waals surface area contributed by atoms with Crippen LogP contribution in [0.25, 0.3) is 0 Å². The zero-order chi connectivity index (χ0) is 26.4. The third-order valence-electron chi connectivity index (χ3n) is 9.35. The molecule has 4 rings (SSSR count).